The third-order valence-electron chi connectivity index (χ3n) is 11.1. The van der Waals surface area contributed by atoms with Crippen LogP contribution in [0.3, 0.4) is 0 Å². The molecular formula is C40H52N6O6. The Morgan fingerprint density at radius 3 is 1.73 bits per heavy atom. The number of rotatable bonds is 14. The molecule has 5 aliphatic heterocycles. The molecule has 5 aliphatic rings. The van der Waals surface area contributed by atoms with E-state index in [-0.39, 0.29) is 19.0 Å². The highest BCUT2D eigenvalue weighted by Crippen LogP contribution is 2.44. The molecule has 52 heavy (non-hydrogen) atoms. The van der Waals surface area contributed by atoms with Crippen LogP contribution in [0.1, 0.15) is 86.5 Å². The van der Waals surface area contributed by atoms with E-state index in [0.29, 0.717) is 90.1 Å². The summed E-state index contributed by atoms with van der Waals surface area (Å²) in [4.78, 5) is 67.8. The van der Waals surface area contributed by atoms with Crippen LogP contribution in [0, 0.1) is 0 Å². The number of morpholine rings is 2. The van der Waals surface area contributed by atoms with Gasteiger partial charge in [-0.1, -0.05) is 18.2 Å². The lowest BCUT2D eigenvalue weighted by Crippen LogP contribution is -2.46. The van der Waals surface area contributed by atoms with Gasteiger partial charge in [-0.05, 0) is 75.9 Å². The first-order valence-electron chi connectivity index (χ1n) is 19.2. The highest BCUT2D eigenvalue weighted by Gasteiger charge is 2.43. The van der Waals surface area contributed by atoms with Gasteiger partial charge in [0.25, 0.3) is 23.6 Å². The van der Waals surface area contributed by atoms with Crippen LogP contribution in [0.25, 0.3) is 16.3 Å². The summed E-state index contributed by atoms with van der Waals surface area (Å²) in [5.41, 5.74) is 3.34. The summed E-state index contributed by atoms with van der Waals surface area (Å²) in [6.45, 7) is 15.3. The van der Waals surface area contributed by atoms with Gasteiger partial charge >= 0.3 is 0 Å². The zero-order valence-corrected chi connectivity index (χ0v) is 30.7. The van der Waals surface area contributed by atoms with E-state index in [4.69, 9.17) is 9.47 Å². The van der Waals surface area contributed by atoms with E-state index >= 15 is 0 Å². The molecule has 278 valence electrons. The zero-order chi connectivity index (χ0) is 36.2. The Morgan fingerprint density at radius 2 is 1.17 bits per heavy atom. The molecule has 0 unspecified atom stereocenters. The Morgan fingerprint density at radius 1 is 0.654 bits per heavy atom. The van der Waals surface area contributed by atoms with Crippen molar-refractivity contribution in [3.63, 3.8) is 0 Å². The van der Waals surface area contributed by atoms with Gasteiger partial charge < -0.3 is 19.7 Å². The molecule has 3 saturated heterocycles. The third kappa shape index (κ3) is 7.19. The number of likely N-dealkylation sites (tertiary alicyclic amines) is 1. The molecule has 0 saturated carbocycles. The monoisotopic (exact) mass is 712 g/mol. The number of anilines is 1. The number of hydrogen-bond acceptors (Lipinski definition) is 10. The molecule has 0 bridgehead atoms. The van der Waals surface area contributed by atoms with Crippen LogP contribution >= 0.6 is 0 Å². The van der Waals surface area contributed by atoms with E-state index in [2.05, 4.69) is 20.0 Å². The first kappa shape index (κ1) is 36.4. The van der Waals surface area contributed by atoms with Crippen molar-refractivity contribution >= 4 is 45.7 Å². The van der Waals surface area contributed by atoms with E-state index in [9.17, 15) is 19.2 Å². The molecule has 0 spiro atoms. The van der Waals surface area contributed by atoms with E-state index in [1.54, 1.807) is 12.1 Å². The fourth-order valence-electron chi connectivity index (χ4n) is 8.37. The molecule has 2 aromatic rings. The van der Waals surface area contributed by atoms with Crippen molar-refractivity contribution in [3.05, 3.63) is 58.2 Å². The van der Waals surface area contributed by atoms with Gasteiger partial charge in [-0.15, -0.1) is 0 Å². The number of hydrogen-bond donors (Lipinski definition) is 1. The fourth-order valence-corrected chi connectivity index (χ4v) is 8.37. The van der Waals surface area contributed by atoms with Gasteiger partial charge in [-0.25, -0.2) is 0 Å². The van der Waals surface area contributed by atoms with Gasteiger partial charge in [0.05, 0.1) is 43.1 Å². The smallest absolute Gasteiger partial charge is 0.263 e. The first-order valence-corrected chi connectivity index (χ1v) is 19.2. The lowest BCUT2D eigenvalue weighted by molar-refractivity contribution is 0.0351. The molecule has 0 atom stereocenters. The molecule has 12 nitrogen and oxygen atoms in total. The van der Waals surface area contributed by atoms with Crippen molar-refractivity contribution in [3.8, 4) is 0 Å². The average molecular weight is 713 g/mol. The summed E-state index contributed by atoms with van der Waals surface area (Å²) in [6, 6.07) is 3.56. The minimum Gasteiger partial charge on any atom is -0.383 e. The number of carbonyl (C=O) groups excluding carboxylic acids is 4. The molecule has 7 rings (SSSR count). The second-order valence-corrected chi connectivity index (χ2v) is 14.3. The molecule has 12 heteroatoms. The van der Waals surface area contributed by atoms with E-state index in [1.165, 1.54) is 22.6 Å². The van der Waals surface area contributed by atoms with Crippen molar-refractivity contribution in [2.45, 2.75) is 39.5 Å². The Labute approximate surface area is 306 Å². The number of amides is 4. The maximum Gasteiger partial charge on any atom is 0.263 e. The summed E-state index contributed by atoms with van der Waals surface area (Å²) < 4.78 is 11.0. The second kappa shape index (κ2) is 16.4. The Kier molecular flexibility index (Phi) is 11.5. The third-order valence-corrected chi connectivity index (χ3v) is 11.1. The normalized spacial score (nSPS) is 20.7. The van der Waals surface area contributed by atoms with Crippen molar-refractivity contribution in [2.24, 2.45) is 0 Å². The number of benzene rings is 2. The highest BCUT2D eigenvalue weighted by molar-refractivity contribution is 6.36. The van der Waals surface area contributed by atoms with Crippen molar-refractivity contribution < 1.29 is 28.7 Å². The summed E-state index contributed by atoms with van der Waals surface area (Å²) in [5, 5.41) is 4.33. The summed E-state index contributed by atoms with van der Waals surface area (Å²) in [6.07, 6.45) is 9.35. The zero-order valence-electron chi connectivity index (χ0n) is 30.7. The van der Waals surface area contributed by atoms with Crippen molar-refractivity contribution in [1.29, 1.82) is 0 Å². The molecule has 0 radical (unpaired) electrons. The lowest BCUT2D eigenvalue weighted by Gasteiger charge is -2.35. The number of imide groups is 2. The SMILES string of the molecule is C/C=C\C(=C/C)c1cc2c3c(c(NCCN4CCCC4)cc4c3c1C(=O)N(CCCN1CCOCC1)C4=O)C(=O)N(CCCN1CCOCC1)C2=O. The summed E-state index contributed by atoms with van der Waals surface area (Å²) >= 11 is 0. The molecule has 2 aromatic carbocycles. The fraction of sp³-hybridized carbons (Fsp3) is 0.550. The standard InChI is InChI=1S/C40H52N6O6/c1-3-9-28(4-2)29-26-30-34-33-31(38(48)45(39(49)35(29)33)15-7-13-43-18-22-51-23-19-43)27-32(41-10-17-42-11-5-6-12-42)36(34)40(50)46(37(30)47)16-8-14-44-20-24-52-25-21-44/h3-4,9,26-27,41H,5-8,10-25H2,1-2H3/b9-3-,28-4+. The van der Waals surface area contributed by atoms with E-state index in [1.807, 2.05) is 32.1 Å². The molecule has 5 heterocycles. The topological polar surface area (TPSA) is 115 Å². The van der Waals surface area contributed by atoms with Crippen LogP contribution in [0.15, 0.2) is 30.4 Å². The maximum absolute atomic E-state index is 14.6. The number of allylic oxidation sites excluding steroid dienone is 4. The highest BCUT2D eigenvalue weighted by atomic mass is 16.5. The summed E-state index contributed by atoms with van der Waals surface area (Å²) in [7, 11) is 0. The Balaban J connectivity index is 1.31. The lowest BCUT2D eigenvalue weighted by atomic mass is 9.80. The minimum atomic E-state index is -0.392. The number of nitrogens with one attached hydrogen (secondary N) is 1. The quantitative estimate of drug-likeness (QED) is 0.228. The van der Waals surface area contributed by atoms with Gasteiger partial charge in [0.15, 0.2) is 0 Å². The molecule has 3 fully saturated rings. The van der Waals surface area contributed by atoms with Gasteiger partial charge in [0, 0.05) is 87.5 Å². The van der Waals surface area contributed by atoms with Crippen LogP contribution in [0.5, 0.6) is 0 Å². The van der Waals surface area contributed by atoms with Gasteiger partial charge in [-0.3, -0.25) is 38.8 Å². The maximum atomic E-state index is 14.6. The van der Waals surface area contributed by atoms with Crippen LogP contribution in [0.4, 0.5) is 5.69 Å². The second-order valence-electron chi connectivity index (χ2n) is 14.3. The predicted molar refractivity (Wildman–Crippen MR) is 201 cm³/mol. The largest absolute Gasteiger partial charge is 0.383 e. The Bertz CT molecular complexity index is 1770. The Hall–Kier alpha value is -3.94. The molecule has 4 amide bonds. The molecule has 1 N–H and O–H groups in total. The van der Waals surface area contributed by atoms with Crippen molar-refractivity contribution in [1.82, 2.24) is 24.5 Å². The van der Waals surface area contributed by atoms with Crippen molar-refractivity contribution in [2.75, 3.05) is 110 Å². The minimum absolute atomic E-state index is 0.264. The van der Waals surface area contributed by atoms with Crippen LogP contribution in [-0.2, 0) is 9.47 Å². The van der Waals surface area contributed by atoms with Gasteiger partial charge in [0.1, 0.15) is 0 Å². The van der Waals surface area contributed by atoms with Gasteiger partial charge in [-0.2, -0.15) is 0 Å². The van der Waals surface area contributed by atoms with E-state index in [0.717, 1.165) is 64.5 Å². The molecule has 0 aromatic heterocycles. The number of ether oxygens (including phenoxy) is 2. The number of nitrogens with zero attached hydrogens (tertiary/aromatic N) is 5. The van der Waals surface area contributed by atoms with Gasteiger partial charge in [0.2, 0.25) is 0 Å². The first-order chi connectivity index (χ1) is 25.4. The predicted octanol–water partition coefficient (Wildman–Crippen LogP) is 3.96. The number of carbonyl (C=O) groups is 4. The molecule has 0 aliphatic carbocycles. The van der Waals surface area contributed by atoms with Crippen LogP contribution < -0.4 is 5.32 Å². The van der Waals surface area contributed by atoms with E-state index < -0.39 is 17.7 Å². The molecular weight excluding hydrogens is 660 g/mol. The van der Waals surface area contributed by atoms with Crippen LogP contribution in [0.2, 0.25) is 0 Å². The summed E-state index contributed by atoms with van der Waals surface area (Å²) in [5.74, 6) is -1.56. The van der Waals surface area contributed by atoms with Crippen LogP contribution in [-0.4, -0.2) is 153 Å². The average Bonchev–Trinajstić information content (AvgIpc) is 3.69.